The molecule has 3 N–H and O–H groups in total. The first-order valence-corrected chi connectivity index (χ1v) is 5.26. The number of halogens is 1. The van der Waals surface area contributed by atoms with Crippen molar-refractivity contribution in [3.8, 4) is 0 Å². The molecule has 0 aliphatic heterocycles. The zero-order valence-corrected chi connectivity index (χ0v) is 7.99. The third-order valence-corrected chi connectivity index (χ3v) is 2.09. The second kappa shape index (κ2) is 5.14. The fourth-order valence-electron chi connectivity index (χ4n) is 0.443. The summed E-state index contributed by atoms with van der Waals surface area (Å²) >= 11 is 0. The van der Waals surface area contributed by atoms with Gasteiger partial charge in [-0.05, 0) is 13.3 Å². The lowest BCUT2D eigenvalue weighted by atomic mass is 10.3. The molecule has 0 rings (SSSR count). The standard InChI is InChI=1S/C5H14NO2P.ClH/c1-5(6)3-4-9(2,7)8;/h5H,3-4,6H2,1-2H3,(H,7,8);1H/t5-;/m1./s1. The van der Waals surface area contributed by atoms with E-state index in [2.05, 4.69) is 0 Å². The summed E-state index contributed by atoms with van der Waals surface area (Å²) in [7, 11) is -2.80. The van der Waals surface area contributed by atoms with Crippen LogP contribution in [0.3, 0.4) is 0 Å². The van der Waals surface area contributed by atoms with Crippen molar-refractivity contribution in [2.24, 2.45) is 5.73 Å². The zero-order chi connectivity index (χ0) is 7.49. The van der Waals surface area contributed by atoms with Gasteiger partial charge in [0.25, 0.3) is 0 Å². The van der Waals surface area contributed by atoms with Gasteiger partial charge in [-0.15, -0.1) is 12.4 Å². The summed E-state index contributed by atoms with van der Waals surface area (Å²) in [6, 6.07) is 0.0328. The van der Waals surface area contributed by atoms with Crippen LogP contribution >= 0.6 is 19.8 Å². The predicted octanol–water partition coefficient (Wildman–Crippen LogP) is 1.05. The Morgan fingerprint density at radius 3 is 2.20 bits per heavy atom. The van der Waals surface area contributed by atoms with E-state index in [1.165, 1.54) is 6.66 Å². The average Bonchev–Trinajstić information content (AvgIpc) is 1.59. The van der Waals surface area contributed by atoms with Gasteiger partial charge < -0.3 is 10.6 Å². The Morgan fingerprint density at radius 2 is 2.10 bits per heavy atom. The highest BCUT2D eigenvalue weighted by Crippen LogP contribution is 2.35. The van der Waals surface area contributed by atoms with Gasteiger partial charge in [0.2, 0.25) is 0 Å². The molecule has 0 aromatic heterocycles. The quantitative estimate of drug-likeness (QED) is 0.649. The average molecular weight is 188 g/mol. The van der Waals surface area contributed by atoms with Gasteiger partial charge in [0.15, 0.2) is 7.37 Å². The fourth-order valence-corrected chi connectivity index (χ4v) is 1.33. The molecule has 2 atom stereocenters. The van der Waals surface area contributed by atoms with Gasteiger partial charge in [-0.3, -0.25) is 4.57 Å². The molecule has 0 fully saturated rings. The Balaban J connectivity index is 0. The van der Waals surface area contributed by atoms with E-state index in [-0.39, 0.29) is 18.4 Å². The van der Waals surface area contributed by atoms with Crippen molar-refractivity contribution >= 4 is 19.8 Å². The summed E-state index contributed by atoms with van der Waals surface area (Å²) in [4.78, 5) is 8.77. The molecule has 0 aliphatic rings. The van der Waals surface area contributed by atoms with Crippen LogP contribution in [0.1, 0.15) is 13.3 Å². The molecule has 0 saturated carbocycles. The smallest absolute Gasteiger partial charge is 0.197 e. The minimum absolute atomic E-state index is 0. The van der Waals surface area contributed by atoms with E-state index >= 15 is 0 Å². The first-order chi connectivity index (χ1) is 3.92. The van der Waals surface area contributed by atoms with Gasteiger partial charge in [0, 0.05) is 18.9 Å². The summed E-state index contributed by atoms with van der Waals surface area (Å²) in [5, 5.41) is 0. The van der Waals surface area contributed by atoms with E-state index in [4.69, 9.17) is 10.6 Å². The van der Waals surface area contributed by atoms with E-state index < -0.39 is 7.37 Å². The molecule has 0 amide bonds. The first-order valence-electron chi connectivity index (χ1n) is 2.96. The number of hydrogen-bond donors (Lipinski definition) is 2. The first kappa shape index (κ1) is 13.1. The van der Waals surface area contributed by atoms with E-state index in [0.717, 1.165) is 0 Å². The molecule has 0 bridgehead atoms. The van der Waals surface area contributed by atoms with E-state index in [9.17, 15) is 4.57 Å². The van der Waals surface area contributed by atoms with E-state index in [1.807, 2.05) is 6.92 Å². The molecule has 0 saturated heterocycles. The van der Waals surface area contributed by atoms with Crippen LogP contribution in [0.25, 0.3) is 0 Å². The van der Waals surface area contributed by atoms with Crippen molar-refractivity contribution in [2.75, 3.05) is 12.8 Å². The van der Waals surface area contributed by atoms with Crippen molar-refractivity contribution < 1.29 is 9.46 Å². The lowest BCUT2D eigenvalue weighted by molar-refractivity contribution is 0.480. The molecule has 1 unspecified atom stereocenters. The third kappa shape index (κ3) is 11.3. The number of rotatable bonds is 3. The predicted molar refractivity (Wildman–Crippen MR) is 46.1 cm³/mol. The van der Waals surface area contributed by atoms with Crippen molar-refractivity contribution in [1.29, 1.82) is 0 Å². The maximum Gasteiger partial charge on any atom is 0.197 e. The minimum atomic E-state index is -2.80. The van der Waals surface area contributed by atoms with Crippen LogP contribution in [0.2, 0.25) is 0 Å². The maximum atomic E-state index is 10.6. The van der Waals surface area contributed by atoms with Crippen LogP contribution in [0.5, 0.6) is 0 Å². The highest BCUT2D eigenvalue weighted by molar-refractivity contribution is 7.57. The Kier molecular flexibility index (Phi) is 6.71. The summed E-state index contributed by atoms with van der Waals surface area (Å²) in [5.74, 6) is 0. The van der Waals surface area contributed by atoms with Crippen LogP contribution in [0.15, 0.2) is 0 Å². The molecule has 0 aliphatic carbocycles. The molecule has 0 aromatic carbocycles. The van der Waals surface area contributed by atoms with Crippen molar-refractivity contribution in [1.82, 2.24) is 0 Å². The second-order valence-electron chi connectivity index (χ2n) is 2.54. The summed E-state index contributed by atoms with van der Waals surface area (Å²) < 4.78 is 10.6. The highest BCUT2D eigenvalue weighted by atomic mass is 35.5. The second-order valence-corrected chi connectivity index (χ2v) is 5.09. The fraction of sp³-hybridized carbons (Fsp3) is 1.00. The number of nitrogens with two attached hydrogens (primary N) is 1. The van der Waals surface area contributed by atoms with Crippen LogP contribution in [-0.2, 0) is 4.57 Å². The zero-order valence-electron chi connectivity index (χ0n) is 6.28. The van der Waals surface area contributed by atoms with Gasteiger partial charge >= 0.3 is 0 Å². The third-order valence-electron chi connectivity index (χ3n) is 0.999. The molecule has 10 heavy (non-hydrogen) atoms. The van der Waals surface area contributed by atoms with Gasteiger partial charge in [-0.2, -0.15) is 0 Å². The van der Waals surface area contributed by atoms with Crippen molar-refractivity contribution in [2.45, 2.75) is 19.4 Å². The lowest BCUT2D eigenvalue weighted by Gasteiger charge is -2.06. The topological polar surface area (TPSA) is 63.3 Å². The van der Waals surface area contributed by atoms with Crippen LogP contribution in [0.4, 0.5) is 0 Å². The van der Waals surface area contributed by atoms with Crippen molar-refractivity contribution in [3.05, 3.63) is 0 Å². The Hall–Kier alpha value is 0.440. The minimum Gasteiger partial charge on any atom is -0.344 e. The maximum absolute atomic E-state index is 10.6. The molecule has 0 radical (unpaired) electrons. The summed E-state index contributed by atoms with van der Waals surface area (Å²) in [5.41, 5.74) is 5.37. The largest absolute Gasteiger partial charge is 0.344 e. The normalized spacial score (nSPS) is 18.8. The summed E-state index contributed by atoms with van der Waals surface area (Å²) in [6.45, 7) is 3.19. The Bertz CT molecular complexity index is 123. The molecular weight excluding hydrogens is 172 g/mol. The molecule has 0 aromatic rings. The van der Waals surface area contributed by atoms with Gasteiger partial charge in [0.05, 0.1) is 0 Å². The number of hydrogen-bond acceptors (Lipinski definition) is 2. The van der Waals surface area contributed by atoms with Crippen molar-refractivity contribution in [3.63, 3.8) is 0 Å². The molecule has 5 heteroatoms. The molecule has 3 nitrogen and oxygen atoms in total. The van der Waals surface area contributed by atoms with Crippen LogP contribution in [-0.4, -0.2) is 23.8 Å². The van der Waals surface area contributed by atoms with E-state index in [1.54, 1.807) is 0 Å². The highest BCUT2D eigenvalue weighted by Gasteiger charge is 2.09. The summed E-state index contributed by atoms with van der Waals surface area (Å²) in [6.07, 6.45) is 0.967. The monoisotopic (exact) mass is 187 g/mol. The van der Waals surface area contributed by atoms with Gasteiger partial charge in [-0.25, -0.2) is 0 Å². The van der Waals surface area contributed by atoms with Crippen LogP contribution < -0.4 is 5.73 Å². The lowest BCUT2D eigenvalue weighted by Crippen LogP contribution is -2.16. The Morgan fingerprint density at radius 1 is 1.70 bits per heavy atom. The van der Waals surface area contributed by atoms with Gasteiger partial charge in [-0.1, -0.05) is 0 Å². The molecule has 64 valence electrons. The van der Waals surface area contributed by atoms with Gasteiger partial charge in [0.1, 0.15) is 0 Å². The molecule has 0 spiro atoms. The molecule has 0 heterocycles. The Labute approximate surface area is 67.9 Å². The van der Waals surface area contributed by atoms with E-state index in [0.29, 0.717) is 12.6 Å². The van der Waals surface area contributed by atoms with Crippen LogP contribution in [0, 0.1) is 0 Å². The molecular formula is C5H15ClNO2P. The SMILES string of the molecule is C[C@@H](N)CCP(C)(=O)O.Cl.